The number of phenols is 2. The van der Waals surface area contributed by atoms with Gasteiger partial charge < -0.3 is 15.9 Å². The predicted octanol–water partition coefficient (Wildman–Crippen LogP) is 4.18. The molecule has 0 aromatic heterocycles. The molecule has 0 heterocycles. The van der Waals surface area contributed by atoms with E-state index in [1.165, 1.54) is 6.07 Å². The summed E-state index contributed by atoms with van der Waals surface area (Å²) in [6.07, 6.45) is 0. The Kier molecular flexibility index (Phi) is 4.02. The topological polar surface area (TPSA) is 90.0 Å². The molecule has 0 saturated heterocycles. The number of nitrogens with two attached hydrogens (primary N) is 1. The Morgan fingerprint density at radius 1 is 0.792 bits per heavy atom. The van der Waals surface area contributed by atoms with E-state index in [4.69, 9.17) is 5.73 Å². The van der Waals surface area contributed by atoms with Crippen molar-refractivity contribution >= 4 is 17.1 Å². The molecule has 0 spiro atoms. The van der Waals surface area contributed by atoms with Crippen LogP contribution in [0.3, 0.4) is 0 Å². The summed E-state index contributed by atoms with van der Waals surface area (Å²) in [4.78, 5) is 0. The van der Waals surface area contributed by atoms with Crippen molar-refractivity contribution in [3.8, 4) is 22.6 Å². The van der Waals surface area contributed by atoms with E-state index in [0.717, 1.165) is 16.2 Å². The molecule has 0 fully saturated rings. The second-order valence-corrected chi connectivity index (χ2v) is 5.59. The number of phenolic OH excluding ortho intramolecular Hbond substituents is 2. The number of rotatable bonds is 3. The summed E-state index contributed by atoms with van der Waals surface area (Å²) in [6, 6.07) is 17.5. The number of aryl methyl sites for hydroxylation is 1. The van der Waals surface area contributed by atoms with Crippen LogP contribution in [0.4, 0.5) is 17.1 Å². The van der Waals surface area contributed by atoms with E-state index in [9.17, 15) is 15.4 Å². The number of aromatic hydroxyl groups is 2. The first kappa shape index (κ1) is 15.7. The SMILES string of the molecule is Cc1ccc(N(O)c2ccc(-c3ccc(O)c(N)c3O)cc2)cc1. The van der Waals surface area contributed by atoms with Gasteiger partial charge in [0.25, 0.3) is 0 Å². The highest BCUT2D eigenvalue weighted by Gasteiger charge is 2.12. The first-order valence-electron chi connectivity index (χ1n) is 7.44. The average Bonchev–Trinajstić information content (AvgIpc) is 2.60. The van der Waals surface area contributed by atoms with Crippen molar-refractivity contribution in [1.82, 2.24) is 0 Å². The van der Waals surface area contributed by atoms with E-state index in [-0.39, 0.29) is 17.2 Å². The fourth-order valence-corrected chi connectivity index (χ4v) is 2.45. The molecule has 3 rings (SSSR count). The van der Waals surface area contributed by atoms with Crippen molar-refractivity contribution in [2.24, 2.45) is 0 Å². The zero-order valence-electron chi connectivity index (χ0n) is 13.1. The Morgan fingerprint density at radius 2 is 1.33 bits per heavy atom. The first-order chi connectivity index (χ1) is 11.5. The Morgan fingerprint density at radius 3 is 1.92 bits per heavy atom. The fourth-order valence-electron chi connectivity index (χ4n) is 2.45. The van der Waals surface area contributed by atoms with Gasteiger partial charge in [-0.15, -0.1) is 0 Å². The van der Waals surface area contributed by atoms with Crippen molar-refractivity contribution in [3.05, 3.63) is 66.2 Å². The van der Waals surface area contributed by atoms with Crippen LogP contribution in [-0.4, -0.2) is 15.4 Å². The number of nitrogens with zero attached hydrogens (tertiary/aromatic N) is 1. The Labute approximate surface area is 139 Å². The Balaban J connectivity index is 1.91. The Hall–Kier alpha value is -3.18. The van der Waals surface area contributed by atoms with Gasteiger partial charge in [0.05, 0.1) is 11.4 Å². The van der Waals surface area contributed by atoms with E-state index >= 15 is 0 Å². The lowest BCUT2D eigenvalue weighted by Gasteiger charge is -2.18. The summed E-state index contributed by atoms with van der Waals surface area (Å²) in [5.41, 5.74) is 9.18. The molecule has 0 aliphatic rings. The second kappa shape index (κ2) is 6.14. The largest absolute Gasteiger partial charge is 0.506 e. The molecular formula is C19H18N2O3. The van der Waals surface area contributed by atoms with Crippen molar-refractivity contribution < 1.29 is 15.4 Å². The predicted molar refractivity (Wildman–Crippen MR) is 94.7 cm³/mol. The second-order valence-electron chi connectivity index (χ2n) is 5.59. The molecule has 0 atom stereocenters. The minimum atomic E-state index is -0.165. The van der Waals surface area contributed by atoms with Crippen LogP contribution in [-0.2, 0) is 0 Å². The molecule has 5 nitrogen and oxygen atoms in total. The van der Waals surface area contributed by atoms with Gasteiger partial charge in [0.1, 0.15) is 17.2 Å². The molecule has 0 aliphatic heterocycles. The molecule has 5 N–H and O–H groups in total. The zero-order valence-corrected chi connectivity index (χ0v) is 13.1. The van der Waals surface area contributed by atoms with Crippen LogP contribution in [0, 0.1) is 6.92 Å². The summed E-state index contributed by atoms with van der Waals surface area (Å²) < 4.78 is 0. The number of hydrogen-bond acceptors (Lipinski definition) is 5. The summed E-state index contributed by atoms with van der Waals surface area (Å²) in [5, 5.41) is 31.0. The van der Waals surface area contributed by atoms with E-state index in [2.05, 4.69) is 0 Å². The lowest BCUT2D eigenvalue weighted by Crippen LogP contribution is -2.10. The summed E-state index contributed by atoms with van der Waals surface area (Å²) in [7, 11) is 0. The normalized spacial score (nSPS) is 10.6. The third-order valence-electron chi connectivity index (χ3n) is 3.90. The van der Waals surface area contributed by atoms with Gasteiger partial charge in [0, 0.05) is 5.56 Å². The summed E-state index contributed by atoms with van der Waals surface area (Å²) in [5.74, 6) is -0.323. The van der Waals surface area contributed by atoms with Gasteiger partial charge in [0.15, 0.2) is 0 Å². The molecule has 122 valence electrons. The third kappa shape index (κ3) is 2.85. The van der Waals surface area contributed by atoms with Crippen LogP contribution in [0.15, 0.2) is 60.7 Å². The van der Waals surface area contributed by atoms with E-state index in [1.54, 1.807) is 30.3 Å². The first-order valence-corrected chi connectivity index (χ1v) is 7.44. The van der Waals surface area contributed by atoms with Crippen molar-refractivity contribution in [2.45, 2.75) is 6.92 Å². The molecule has 24 heavy (non-hydrogen) atoms. The molecular weight excluding hydrogens is 304 g/mol. The van der Waals surface area contributed by atoms with Gasteiger partial charge in [-0.3, -0.25) is 5.21 Å². The van der Waals surface area contributed by atoms with Gasteiger partial charge in [0.2, 0.25) is 0 Å². The van der Waals surface area contributed by atoms with Crippen LogP contribution in [0.2, 0.25) is 0 Å². The molecule has 3 aromatic carbocycles. The summed E-state index contributed by atoms with van der Waals surface area (Å²) in [6.45, 7) is 1.98. The van der Waals surface area contributed by atoms with Crippen molar-refractivity contribution in [3.63, 3.8) is 0 Å². The number of anilines is 3. The van der Waals surface area contributed by atoms with E-state index in [0.29, 0.717) is 16.9 Å². The number of nitrogen functional groups attached to an aromatic ring is 1. The number of benzene rings is 3. The summed E-state index contributed by atoms with van der Waals surface area (Å²) >= 11 is 0. The standard InChI is InChI=1S/C19H18N2O3/c1-12-2-6-14(7-3-12)21(24)15-8-4-13(5-9-15)16-10-11-17(22)18(20)19(16)23/h2-11,22-24H,20H2,1H3. The van der Waals surface area contributed by atoms with E-state index < -0.39 is 0 Å². The minimum Gasteiger partial charge on any atom is -0.506 e. The van der Waals surface area contributed by atoms with Gasteiger partial charge in [-0.2, -0.15) is 0 Å². The lowest BCUT2D eigenvalue weighted by atomic mass is 10.0. The maximum Gasteiger partial charge on any atom is 0.150 e. The molecule has 0 saturated carbocycles. The highest BCUT2D eigenvalue weighted by molar-refractivity contribution is 5.80. The van der Waals surface area contributed by atoms with Gasteiger partial charge >= 0.3 is 0 Å². The van der Waals surface area contributed by atoms with Crippen LogP contribution >= 0.6 is 0 Å². The van der Waals surface area contributed by atoms with Crippen LogP contribution in [0.5, 0.6) is 11.5 Å². The highest BCUT2D eigenvalue weighted by atomic mass is 16.5. The number of hydrogen-bond donors (Lipinski definition) is 4. The van der Waals surface area contributed by atoms with Gasteiger partial charge in [-0.25, -0.2) is 5.06 Å². The molecule has 0 bridgehead atoms. The van der Waals surface area contributed by atoms with Crippen LogP contribution < -0.4 is 10.8 Å². The molecule has 5 heteroatoms. The van der Waals surface area contributed by atoms with E-state index in [1.807, 2.05) is 31.2 Å². The molecule has 3 aromatic rings. The molecule has 0 radical (unpaired) electrons. The zero-order chi connectivity index (χ0) is 17.3. The molecule has 0 aliphatic carbocycles. The van der Waals surface area contributed by atoms with Crippen LogP contribution in [0.25, 0.3) is 11.1 Å². The van der Waals surface area contributed by atoms with Crippen LogP contribution in [0.1, 0.15) is 5.56 Å². The monoisotopic (exact) mass is 322 g/mol. The minimum absolute atomic E-state index is 0.0555. The lowest BCUT2D eigenvalue weighted by molar-refractivity contribution is 0.301. The maximum absolute atomic E-state index is 10.3. The third-order valence-corrected chi connectivity index (χ3v) is 3.90. The van der Waals surface area contributed by atoms with Gasteiger partial charge in [-0.05, 0) is 48.9 Å². The smallest absolute Gasteiger partial charge is 0.150 e. The quantitative estimate of drug-likeness (QED) is 0.330. The maximum atomic E-state index is 10.3. The van der Waals surface area contributed by atoms with Crippen molar-refractivity contribution in [1.29, 1.82) is 0 Å². The molecule has 0 amide bonds. The van der Waals surface area contributed by atoms with Gasteiger partial charge in [-0.1, -0.05) is 29.8 Å². The fraction of sp³-hybridized carbons (Fsp3) is 0.0526. The Bertz CT molecular complexity index is 859. The van der Waals surface area contributed by atoms with Crippen molar-refractivity contribution in [2.75, 3.05) is 10.8 Å². The molecule has 0 unspecified atom stereocenters. The highest BCUT2D eigenvalue weighted by Crippen LogP contribution is 2.39. The average molecular weight is 322 g/mol.